The van der Waals surface area contributed by atoms with Gasteiger partial charge in [-0.3, -0.25) is 4.79 Å². The number of allylic oxidation sites excluding steroid dienone is 3. The summed E-state index contributed by atoms with van der Waals surface area (Å²) in [5.41, 5.74) is 1.74. The number of aliphatic hydroxyl groups is 2. The molecule has 33 heavy (non-hydrogen) atoms. The average molecular weight is 457 g/mol. The molecule has 3 unspecified atom stereocenters. The number of carbonyl (C=O) groups is 1. The predicted molar refractivity (Wildman–Crippen MR) is 129 cm³/mol. The molecule has 4 saturated carbocycles. The summed E-state index contributed by atoms with van der Waals surface area (Å²) in [6.07, 6.45) is 11.0. The van der Waals surface area contributed by atoms with Crippen LogP contribution >= 0.6 is 0 Å². The van der Waals surface area contributed by atoms with Gasteiger partial charge in [-0.25, -0.2) is 0 Å². The zero-order chi connectivity index (χ0) is 24.0. The Bertz CT molecular complexity index is 907. The van der Waals surface area contributed by atoms with Crippen molar-refractivity contribution in [2.24, 2.45) is 44.8 Å². The first kappa shape index (κ1) is 23.6. The minimum atomic E-state index is -0.624. The number of hydrogen-bond donors (Lipinski definition) is 3. The molecule has 0 saturated heterocycles. The van der Waals surface area contributed by atoms with Gasteiger partial charge in [0.2, 0.25) is 0 Å². The van der Waals surface area contributed by atoms with Crippen LogP contribution in [0.5, 0.6) is 0 Å². The summed E-state index contributed by atoms with van der Waals surface area (Å²) in [6, 6.07) is 0. The molecule has 4 fully saturated rings. The molecule has 0 spiro atoms. The number of fused-ring (bicyclic) bond motifs is 7. The highest BCUT2D eigenvalue weighted by molar-refractivity contribution is 5.77. The Labute approximate surface area is 199 Å². The Kier molecular flexibility index (Phi) is 5.15. The number of carboxylic acids is 1. The van der Waals surface area contributed by atoms with Gasteiger partial charge in [0.05, 0.1) is 18.1 Å². The van der Waals surface area contributed by atoms with Gasteiger partial charge >= 0.3 is 5.97 Å². The van der Waals surface area contributed by atoms with Crippen LogP contribution in [0.2, 0.25) is 0 Å². The van der Waals surface area contributed by atoms with Crippen molar-refractivity contribution in [3.8, 4) is 0 Å². The molecule has 0 aromatic heterocycles. The smallest absolute Gasteiger partial charge is 0.310 e. The van der Waals surface area contributed by atoms with Crippen molar-refractivity contribution in [3.05, 3.63) is 23.8 Å². The largest absolute Gasteiger partial charge is 0.481 e. The fourth-order valence-corrected chi connectivity index (χ4v) is 10.2. The second kappa shape index (κ2) is 7.20. The van der Waals surface area contributed by atoms with Crippen molar-refractivity contribution in [2.45, 2.75) is 98.0 Å². The molecule has 0 bridgehead atoms. The van der Waals surface area contributed by atoms with Gasteiger partial charge in [-0.1, -0.05) is 51.5 Å². The van der Waals surface area contributed by atoms with Crippen LogP contribution in [0.4, 0.5) is 0 Å². The number of hydrogen-bond acceptors (Lipinski definition) is 3. The van der Waals surface area contributed by atoms with Crippen LogP contribution in [0.15, 0.2) is 23.8 Å². The van der Waals surface area contributed by atoms with Crippen molar-refractivity contribution in [3.63, 3.8) is 0 Å². The Hall–Kier alpha value is -1.13. The monoisotopic (exact) mass is 456 g/mol. The fourth-order valence-electron chi connectivity index (χ4n) is 10.2. The lowest BCUT2D eigenvalue weighted by molar-refractivity contribution is -0.215. The fraction of sp³-hybridized carbons (Fsp3) is 0.828. The molecule has 0 amide bonds. The average Bonchev–Trinajstić information content (AvgIpc) is 2.77. The van der Waals surface area contributed by atoms with Crippen LogP contribution in [0.3, 0.4) is 0 Å². The van der Waals surface area contributed by atoms with E-state index in [0.717, 1.165) is 64.2 Å². The second-order valence-corrected chi connectivity index (χ2v) is 13.5. The summed E-state index contributed by atoms with van der Waals surface area (Å²) in [7, 11) is 0. The Morgan fingerprint density at radius 1 is 1.06 bits per heavy atom. The zero-order valence-electron chi connectivity index (χ0n) is 21.1. The van der Waals surface area contributed by atoms with E-state index in [1.165, 1.54) is 11.1 Å². The van der Waals surface area contributed by atoms with Gasteiger partial charge in [0, 0.05) is 11.3 Å². The summed E-state index contributed by atoms with van der Waals surface area (Å²) in [4.78, 5) is 12.6. The maximum Gasteiger partial charge on any atom is 0.310 e. The molecule has 0 aromatic carbocycles. The quantitative estimate of drug-likeness (QED) is 0.463. The third-order valence-electron chi connectivity index (χ3n) is 12.6. The van der Waals surface area contributed by atoms with Gasteiger partial charge in [-0.05, 0) is 92.3 Å². The van der Waals surface area contributed by atoms with E-state index < -0.39 is 22.9 Å². The maximum atomic E-state index is 12.6. The van der Waals surface area contributed by atoms with Gasteiger partial charge in [0.25, 0.3) is 0 Å². The SMILES string of the molecule is C=C1CC[C@]2(C(=O)O)CC[C@]3(C)C(=CCC4[C@@]5(C)CC[C@H](O)[C@@](C)(CO)C5CC[C@]43C)C2C1. The van der Waals surface area contributed by atoms with E-state index in [1.54, 1.807) is 0 Å². The molecule has 0 radical (unpaired) electrons. The molecule has 5 aliphatic carbocycles. The molecule has 4 heteroatoms. The molecule has 5 aliphatic rings. The first-order valence-electron chi connectivity index (χ1n) is 13.3. The van der Waals surface area contributed by atoms with E-state index >= 15 is 0 Å². The molecule has 3 N–H and O–H groups in total. The highest BCUT2D eigenvalue weighted by Gasteiger charge is 2.69. The zero-order valence-corrected chi connectivity index (χ0v) is 21.1. The van der Waals surface area contributed by atoms with Crippen molar-refractivity contribution in [1.82, 2.24) is 0 Å². The lowest BCUT2D eigenvalue weighted by atomic mass is 9.34. The van der Waals surface area contributed by atoms with Crippen LogP contribution in [0, 0.1) is 44.8 Å². The van der Waals surface area contributed by atoms with Gasteiger partial charge in [-0.2, -0.15) is 0 Å². The first-order chi connectivity index (χ1) is 15.4. The Morgan fingerprint density at radius 3 is 2.45 bits per heavy atom. The molecule has 0 aliphatic heterocycles. The van der Waals surface area contributed by atoms with Crippen LogP contribution in [0.25, 0.3) is 0 Å². The maximum absolute atomic E-state index is 12.6. The van der Waals surface area contributed by atoms with Crippen LogP contribution < -0.4 is 0 Å². The summed E-state index contributed by atoms with van der Waals surface area (Å²) in [5.74, 6) is 0.270. The van der Waals surface area contributed by atoms with E-state index in [-0.39, 0.29) is 28.8 Å². The van der Waals surface area contributed by atoms with Crippen LogP contribution in [0.1, 0.15) is 91.9 Å². The van der Waals surface area contributed by atoms with E-state index in [1.807, 2.05) is 0 Å². The normalized spacial score (nSPS) is 53.8. The Balaban J connectivity index is 1.59. The molecule has 0 aromatic rings. The first-order valence-corrected chi connectivity index (χ1v) is 13.3. The minimum absolute atomic E-state index is 0.00316. The van der Waals surface area contributed by atoms with Crippen molar-refractivity contribution in [2.75, 3.05) is 6.61 Å². The van der Waals surface area contributed by atoms with Crippen molar-refractivity contribution < 1.29 is 20.1 Å². The number of aliphatic carboxylic acids is 1. The standard InChI is InChI=1S/C29H44O4/c1-18-8-13-29(24(32)33)15-14-27(4)19(20(29)16-18)6-7-22-25(2)11-10-23(31)26(3,17-30)21(25)9-12-28(22,27)5/h6,20-23,30-31H,1,7-17H2,2-5H3,(H,32,33)/t20?,21?,22?,23-,25-,26-,27+,28+,29-/m0/s1. The summed E-state index contributed by atoms with van der Waals surface area (Å²) >= 11 is 0. The second-order valence-electron chi connectivity index (χ2n) is 13.5. The summed E-state index contributed by atoms with van der Waals surface area (Å²) in [6.45, 7) is 13.8. The van der Waals surface area contributed by atoms with Gasteiger partial charge in [-0.15, -0.1) is 0 Å². The summed E-state index contributed by atoms with van der Waals surface area (Å²) < 4.78 is 0. The highest BCUT2D eigenvalue weighted by Crippen LogP contribution is 2.75. The molecule has 184 valence electrons. The predicted octanol–water partition coefficient (Wildman–Crippen LogP) is 5.74. The minimum Gasteiger partial charge on any atom is -0.481 e. The molecule has 4 nitrogen and oxygen atoms in total. The van der Waals surface area contributed by atoms with Crippen LogP contribution in [-0.4, -0.2) is 34.0 Å². The molecular weight excluding hydrogens is 412 g/mol. The van der Waals surface area contributed by atoms with E-state index in [0.29, 0.717) is 11.8 Å². The molecule has 0 heterocycles. The van der Waals surface area contributed by atoms with Crippen molar-refractivity contribution >= 4 is 5.97 Å². The van der Waals surface area contributed by atoms with E-state index in [2.05, 4.69) is 40.3 Å². The van der Waals surface area contributed by atoms with Crippen molar-refractivity contribution in [1.29, 1.82) is 0 Å². The lowest BCUT2D eigenvalue weighted by Gasteiger charge is -2.71. The van der Waals surface area contributed by atoms with Crippen LogP contribution in [-0.2, 0) is 4.79 Å². The van der Waals surface area contributed by atoms with Gasteiger partial charge in [0.1, 0.15) is 0 Å². The number of rotatable bonds is 2. The third-order valence-corrected chi connectivity index (χ3v) is 12.6. The number of aliphatic hydroxyl groups excluding tert-OH is 2. The molecule has 5 rings (SSSR count). The lowest BCUT2D eigenvalue weighted by Crippen LogP contribution is -2.65. The summed E-state index contributed by atoms with van der Waals surface area (Å²) in [5, 5.41) is 31.6. The topological polar surface area (TPSA) is 77.8 Å². The molecule has 9 atom stereocenters. The number of carboxylic acid groups (broad SMARTS) is 1. The van der Waals surface area contributed by atoms with Gasteiger partial charge in [0.15, 0.2) is 0 Å². The highest BCUT2D eigenvalue weighted by atomic mass is 16.4. The van der Waals surface area contributed by atoms with E-state index in [9.17, 15) is 20.1 Å². The Morgan fingerprint density at radius 2 is 1.79 bits per heavy atom. The molecular formula is C29H44O4. The van der Waals surface area contributed by atoms with Gasteiger partial charge < -0.3 is 15.3 Å². The van der Waals surface area contributed by atoms with E-state index in [4.69, 9.17) is 0 Å². The third kappa shape index (κ3) is 2.74.